The summed E-state index contributed by atoms with van der Waals surface area (Å²) in [6, 6.07) is 15.1. The molecule has 3 rings (SSSR count). The van der Waals surface area contributed by atoms with Gasteiger partial charge < -0.3 is 19.9 Å². The van der Waals surface area contributed by atoms with E-state index in [1.165, 1.54) is 5.56 Å². The number of rotatable bonds is 6. The van der Waals surface area contributed by atoms with Crippen LogP contribution in [-0.4, -0.2) is 15.2 Å². The summed E-state index contributed by atoms with van der Waals surface area (Å²) in [5.74, 6) is 0.785. The third-order valence-electron chi connectivity index (χ3n) is 4.77. The van der Waals surface area contributed by atoms with Gasteiger partial charge in [0.05, 0.1) is 19.4 Å². The third kappa shape index (κ3) is 5.14. The summed E-state index contributed by atoms with van der Waals surface area (Å²) in [6.45, 7) is 6.72. The first-order chi connectivity index (χ1) is 14.3. The number of nitrogens with one attached hydrogen (secondary N) is 1. The molecule has 6 heteroatoms. The Morgan fingerprint density at radius 1 is 1.10 bits per heavy atom. The number of hydrogen-bond donors (Lipinski definition) is 3. The van der Waals surface area contributed by atoms with Crippen LogP contribution in [0, 0.1) is 0 Å². The van der Waals surface area contributed by atoms with Crippen molar-refractivity contribution >= 4 is 28.7 Å². The van der Waals surface area contributed by atoms with E-state index in [1.54, 1.807) is 29.3 Å². The number of benzene rings is 1. The Kier molecular flexibility index (Phi) is 6.70. The summed E-state index contributed by atoms with van der Waals surface area (Å²) in [5, 5.41) is 23.8. The predicted molar refractivity (Wildman–Crippen MR) is 122 cm³/mol. The summed E-state index contributed by atoms with van der Waals surface area (Å²) < 4.78 is 7.07. The van der Waals surface area contributed by atoms with Gasteiger partial charge in [0.25, 0.3) is 5.70 Å². The number of thiocarbonyl (C=S) groups is 1. The maximum atomic E-state index is 11.2. The van der Waals surface area contributed by atoms with E-state index in [4.69, 9.17) is 16.6 Å². The zero-order chi connectivity index (χ0) is 21.7. The molecule has 0 unspecified atom stereocenters. The van der Waals surface area contributed by atoms with Crippen LogP contribution in [0.25, 0.3) is 11.5 Å². The molecule has 0 saturated heterocycles. The highest BCUT2D eigenvalue weighted by Crippen LogP contribution is 2.25. The van der Waals surface area contributed by atoms with E-state index in [2.05, 4.69) is 26.1 Å². The van der Waals surface area contributed by atoms with Crippen molar-refractivity contribution in [2.24, 2.45) is 0 Å². The van der Waals surface area contributed by atoms with Crippen LogP contribution in [0.15, 0.2) is 71.6 Å². The minimum atomic E-state index is -0.109. The van der Waals surface area contributed by atoms with Crippen LogP contribution in [0.4, 0.5) is 0 Å². The van der Waals surface area contributed by atoms with Gasteiger partial charge in [0.2, 0.25) is 0 Å². The molecule has 3 N–H and O–H groups in total. The Balaban J connectivity index is 2.01. The van der Waals surface area contributed by atoms with Gasteiger partial charge in [-0.25, -0.2) is 0 Å². The van der Waals surface area contributed by atoms with Crippen molar-refractivity contribution in [2.75, 3.05) is 0 Å². The van der Waals surface area contributed by atoms with E-state index in [-0.39, 0.29) is 17.8 Å². The summed E-state index contributed by atoms with van der Waals surface area (Å²) in [5.41, 5.74) is 2.98. The minimum absolute atomic E-state index is 0.0186. The molecule has 0 aliphatic rings. The van der Waals surface area contributed by atoms with Crippen LogP contribution in [0.2, 0.25) is 0 Å². The fourth-order valence-electron chi connectivity index (χ4n) is 3.03. The van der Waals surface area contributed by atoms with Crippen LogP contribution < -0.4 is 9.88 Å². The van der Waals surface area contributed by atoms with Crippen molar-refractivity contribution in [3.05, 3.63) is 89.6 Å². The fraction of sp³-hybridized carbons (Fsp3) is 0.250. The highest BCUT2D eigenvalue weighted by atomic mass is 32.1. The van der Waals surface area contributed by atoms with Gasteiger partial charge in [-0.15, -0.1) is 0 Å². The summed E-state index contributed by atoms with van der Waals surface area (Å²) in [7, 11) is 0. The van der Waals surface area contributed by atoms with E-state index >= 15 is 0 Å². The lowest BCUT2D eigenvalue weighted by Gasteiger charge is -2.19. The smallest absolute Gasteiger partial charge is 0.288 e. The molecule has 0 atom stereocenters. The normalized spacial score (nSPS) is 12.4. The van der Waals surface area contributed by atoms with Crippen LogP contribution in [0.1, 0.15) is 43.2 Å². The van der Waals surface area contributed by atoms with Gasteiger partial charge in [0, 0.05) is 17.2 Å². The number of pyridine rings is 1. The fourth-order valence-corrected chi connectivity index (χ4v) is 3.31. The van der Waals surface area contributed by atoms with E-state index in [0.717, 1.165) is 5.76 Å². The maximum Gasteiger partial charge on any atom is 0.288 e. The minimum Gasteiger partial charge on any atom is -0.502 e. The summed E-state index contributed by atoms with van der Waals surface area (Å²) >= 11 is 5.62. The van der Waals surface area contributed by atoms with Crippen LogP contribution in [0.3, 0.4) is 0 Å². The highest BCUT2D eigenvalue weighted by molar-refractivity contribution is 7.81. The molecule has 0 spiro atoms. The number of nitrogens with zero attached hydrogens (tertiary/aromatic N) is 1. The lowest BCUT2D eigenvalue weighted by molar-refractivity contribution is -0.576. The first kappa shape index (κ1) is 21.7. The largest absolute Gasteiger partial charge is 0.502 e. The van der Waals surface area contributed by atoms with Gasteiger partial charge in [-0.3, -0.25) is 0 Å². The summed E-state index contributed by atoms with van der Waals surface area (Å²) in [4.78, 5) is 0.365. The van der Waals surface area contributed by atoms with E-state index < -0.39 is 0 Å². The van der Waals surface area contributed by atoms with Crippen molar-refractivity contribution in [3.8, 4) is 0 Å². The van der Waals surface area contributed by atoms with Crippen LogP contribution >= 0.6 is 12.2 Å². The molecule has 0 fully saturated rings. The standard InChI is InChI=1S/C24H26N2O3S/c1-24(2,3)19-10-8-18(9-11-19)22(28)21(26-12-4-6-17(15-26)16-27)23(30)25-14-20-7-5-13-29-20/h4-13,15,27H,14,16H2,1-3H3,(H-,25,28,30)/p+1. The molecule has 0 aliphatic heterocycles. The molecule has 0 bridgehead atoms. The zero-order valence-corrected chi connectivity index (χ0v) is 18.2. The average molecular weight is 424 g/mol. The average Bonchev–Trinajstić information content (AvgIpc) is 3.26. The SMILES string of the molecule is CC(C)(C)c1ccc(/C(O)=C(/C(=S)NCc2ccco2)[n+]2cccc(CO)c2)cc1. The van der Waals surface area contributed by atoms with Crippen LogP contribution in [0.5, 0.6) is 0 Å². The lowest BCUT2D eigenvalue weighted by atomic mass is 9.86. The number of aromatic nitrogens is 1. The zero-order valence-electron chi connectivity index (χ0n) is 17.4. The first-order valence-corrected chi connectivity index (χ1v) is 10.2. The lowest BCUT2D eigenvalue weighted by Crippen LogP contribution is -2.41. The first-order valence-electron chi connectivity index (χ1n) is 9.76. The predicted octanol–water partition coefficient (Wildman–Crippen LogP) is 4.36. The summed E-state index contributed by atoms with van der Waals surface area (Å²) in [6.07, 6.45) is 5.13. The molecule has 2 heterocycles. The van der Waals surface area contributed by atoms with Gasteiger partial charge in [-0.2, -0.15) is 4.57 Å². The Morgan fingerprint density at radius 2 is 1.83 bits per heavy atom. The number of hydrogen-bond acceptors (Lipinski definition) is 4. The van der Waals surface area contributed by atoms with Gasteiger partial charge in [0.1, 0.15) is 5.76 Å². The topological polar surface area (TPSA) is 69.5 Å². The molecule has 0 amide bonds. The third-order valence-corrected chi connectivity index (χ3v) is 5.11. The molecular formula is C24H27N2O3S+. The van der Waals surface area contributed by atoms with Gasteiger partial charge in [0.15, 0.2) is 23.1 Å². The molecule has 0 saturated carbocycles. The van der Waals surface area contributed by atoms with Gasteiger partial charge in [-0.1, -0.05) is 57.3 Å². The quantitative estimate of drug-likeness (QED) is 0.238. The monoisotopic (exact) mass is 423 g/mol. The number of furan rings is 1. The Morgan fingerprint density at radius 3 is 2.43 bits per heavy atom. The van der Waals surface area contributed by atoms with E-state index in [1.807, 2.05) is 42.5 Å². The Bertz CT molecular complexity index is 1030. The molecule has 30 heavy (non-hydrogen) atoms. The van der Waals surface area contributed by atoms with Crippen molar-refractivity contribution in [1.82, 2.24) is 5.32 Å². The van der Waals surface area contributed by atoms with Crippen molar-refractivity contribution in [3.63, 3.8) is 0 Å². The molecule has 3 aromatic rings. The molecule has 0 radical (unpaired) electrons. The number of aliphatic hydroxyl groups excluding tert-OH is 2. The molecule has 1 aromatic carbocycles. The van der Waals surface area contributed by atoms with Crippen molar-refractivity contribution in [2.45, 2.75) is 39.3 Å². The molecule has 156 valence electrons. The van der Waals surface area contributed by atoms with E-state index in [0.29, 0.717) is 28.4 Å². The van der Waals surface area contributed by atoms with Crippen molar-refractivity contribution < 1.29 is 19.2 Å². The molecule has 0 aliphatic carbocycles. The number of aliphatic hydroxyl groups is 2. The Hall–Kier alpha value is -2.96. The Labute approximate surface area is 182 Å². The van der Waals surface area contributed by atoms with Gasteiger partial charge in [-0.05, 0) is 29.2 Å². The van der Waals surface area contributed by atoms with Crippen LogP contribution in [-0.2, 0) is 18.6 Å². The highest BCUT2D eigenvalue weighted by Gasteiger charge is 2.24. The van der Waals surface area contributed by atoms with Gasteiger partial charge >= 0.3 is 0 Å². The maximum absolute atomic E-state index is 11.2. The van der Waals surface area contributed by atoms with E-state index in [9.17, 15) is 10.2 Å². The molecule has 2 aromatic heterocycles. The van der Waals surface area contributed by atoms with Crippen molar-refractivity contribution in [1.29, 1.82) is 0 Å². The second-order valence-corrected chi connectivity index (χ2v) is 8.47. The second kappa shape index (κ2) is 9.24. The molecule has 5 nitrogen and oxygen atoms in total. The molecular weight excluding hydrogens is 396 g/mol. The second-order valence-electron chi connectivity index (χ2n) is 8.06.